The summed E-state index contributed by atoms with van der Waals surface area (Å²) in [5, 5.41) is 18.0. The Bertz CT molecular complexity index is 1620. The first kappa shape index (κ1) is 31.2. The zero-order valence-corrected chi connectivity index (χ0v) is 25.2. The van der Waals surface area contributed by atoms with Gasteiger partial charge in [-0.05, 0) is 63.1 Å². The number of nitrogens with zero attached hydrogens (tertiary/aromatic N) is 5. The molecule has 0 bridgehead atoms. The molecule has 0 radical (unpaired) electrons. The van der Waals surface area contributed by atoms with Gasteiger partial charge >= 0.3 is 6.09 Å². The number of anilines is 3. The van der Waals surface area contributed by atoms with Crippen LogP contribution in [0.15, 0.2) is 48.7 Å². The van der Waals surface area contributed by atoms with Crippen molar-refractivity contribution < 1.29 is 23.8 Å². The molecule has 0 spiro atoms. The number of ether oxygens (including phenoxy) is 3. The second kappa shape index (κ2) is 13.5. The molecule has 0 aliphatic heterocycles. The Morgan fingerprint density at radius 3 is 2.56 bits per heavy atom. The lowest BCUT2D eigenvalue weighted by molar-refractivity contribution is 0.0634. The molecular formula is C29H33ClN8O5. The van der Waals surface area contributed by atoms with Gasteiger partial charge in [0, 0.05) is 24.9 Å². The van der Waals surface area contributed by atoms with Crippen LogP contribution in [0.1, 0.15) is 42.5 Å². The topological polar surface area (TPSA) is 168 Å². The van der Waals surface area contributed by atoms with E-state index < -0.39 is 17.6 Å². The Morgan fingerprint density at radius 1 is 1.09 bits per heavy atom. The first-order valence-corrected chi connectivity index (χ1v) is 13.6. The van der Waals surface area contributed by atoms with Gasteiger partial charge in [-0.15, -0.1) is 10.2 Å². The van der Waals surface area contributed by atoms with Crippen molar-refractivity contribution >= 4 is 40.8 Å². The maximum absolute atomic E-state index is 12.1. The van der Waals surface area contributed by atoms with Crippen molar-refractivity contribution in [1.82, 2.24) is 25.0 Å². The fraction of sp³-hybridized carbons (Fsp3) is 0.310. The molecule has 0 saturated heterocycles. The summed E-state index contributed by atoms with van der Waals surface area (Å²) >= 11 is 6.06. The van der Waals surface area contributed by atoms with E-state index in [1.54, 1.807) is 50.8 Å². The van der Waals surface area contributed by atoms with Crippen molar-refractivity contribution in [2.24, 2.45) is 12.8 Å². The summed E-state index contributed by atoms with van der Waals surface area (Å²) in [7, 11) is 3.37. The van der Waals surface area contributed by atoms with Gasteiger partial charge in [0.25, 0.3) is 5.91 Å². The van der Waals surface area contributed by atoms with E-state index in [1.165, 1.54) is 6.07 Å². The van der Waals surface area contributed by atoms with Crippen LogP contribution in [0.2, 0.25) is 5.15 Å². The van der Waals surface area contributed by atoms with Crippen LogP contribution in [0.25, 0.3) is 11.3 Å². The minimum atomic E-state index is -0.765. The van der Waals surface area contributed by atoms with Crippen molar-refractivity contribution in [3.63, 3.8) is 0 Å². The Hall–Kier alpha value is -4.75. The van der Waals surface area contributed by atoms with E-state index in [2.05, 4.69) is 30.9 Å². The number of nitrogens with two attached hydrogens (primary N) is 1. The lowest BCUT2D eigenvalue weighted by Gasteiger charge is -2.19. The van der Waals surface area contributed by atoms with Crippen molar-refractivity contribution in [2.75, 3.05) is 24.4 Å². The van der Waals surface area contributed by atoms with Gasteiger partial charge in [0.2, 0.25) is 0 Å². The highest BCUT2D eigenvalue weighted by Crippen LogP contribution is 2.39. The monoisotopic (exact) mass is 608 g/mol. The number of rotatable bonds is 11. The predicted molar refractivity (Wildman–Crippen MR) is 161 cm³/mol. The van der Waals surface area contributed by atoms with E-state index in [9.17, 15) is 9.59 Å². The Kier molecular flexibility index (Phi) is 9.78. The number of halogens is 1. The smallest absolute Gasteiger partial charge is 0.413 e. The molecule has 13 nitrogen and oxygen atoms in total. The van der Waals surface area contributed by atoms with Gasteiger partial charge in [-0.3, -0.25) is 14.8 Å². The molecular weight excluding hydrogens is 576 g/mol. The minimum absolute atomic E-state index is 0.0736. The number of benzene rings is 1. The lowest BCUT2D eigenvalue weighted by atomic mass is 10.0. The predicted octanol–water partition coefficient (Wildman–Crippen LogP) is 4.88. The number of aryl methyl sites for hydroxylation is 1. The fourth-order valence-electron chi connectivity index (χ4n) is 4.09. The van der Waals surface area contributed by atoms with Crippen molar-refractivity contribution in [3.8, 4) is 17.0 Å². The number of hydrogen-bond donors (Lipinski definition) is 3. The highest BCUT2D eigenvalue weighted by atomic mass is 35.5. The van der Waals surface area contributed by atoms with Crippen molar-refractivity contribution in [3.05, 3.63) is 70.8 Å². The van der Waals surface area contributed by atoms with Crippen LogP contribution in [0, 0.1) is 0 Å². The zero-order valence-electron chi connectivity index (χ0n) is 24.5. The van der Waals surface area contributed by atoms with Gasteiger partial charge in [0.05, 0.1) is 43.1 Å². The average Bonchev–Trinajstić information content (AvgIpc) is 3.36. The van der Waals surface area contributed by atoms with E-state index in [-0.39, 0.29) is 23.1 Å². The number of hydrogen-bond acceptors (Lipinski definition) is 10. The minimum Gasteiger partial charge on any atom is -0.494 e. The lowest BCUT2D eigenvalue weighted by Crippen LogP contribution is -2.27. The molecule has 226 valence electrons. The fourth-order valence-corrected chi connectivity index (χ4v) is 4.24. The van der Waals surface area contributed by atoms with Gasteiger partial charge in [-0.25, -0.2) is 9.78 Å². The molecule has 0 aliphatic rings. The third-order valence-corrected chi connectivity index (χ3v) is 6.01. The van der Waals surface area contributed by atoms with E-state index in [1.807, 2.05) is 31.4 Å². The molecule has 2 amide bonds. The number of nitrogens with one attached hydrogen (secondary N) is 2. The van der Waals surface area contributed by atoms with Gasteiger partial charge in [0.1, 0.15) is 11.4 Å². The SMILES string of the molecule is COc1c(Nc2cc(Cl)nnc2C(N)=O)cc(CCOCc2cccc(NC(=O)OC(C)(C)C)n2)cc1-c1ccn(C)n1. The van der Waals surface area contributed by atoms with Crippen LogP contribution in [0.3, 0.4) is 0 Å². The highest BCUT2D eigenvalue weighted by molar-refractivity contribution is 6.29. The molecule has 1 aromatic carbocycles. The number of pyridine rings is 1. The number of methoxy groups -OCH3 is 1. The Labute approximate surface area is 253 Å². The number of amides is 2. The molecule has 0 unspecified atom stereocenters. The van der Waals surface area contributed by atoms with Crippen LogP contribution in [0.5, 0.6) is 5.75 Å². The first-order valence-electron chi connectivity index (χ1n) is 13.3. The molecule has 4 aromatic rings. The molecule has 4 rings (SSSR count). The summed E-state index contributed by atoms with van der Waals surface area (Å²) in [5.74, 6) is 0.0894. The molecule has 3 aromatic heterocycles. The normalized spacial score (nSPS) is 11.2. The third-order valence-electron chi connectivity index (χ3n) is 5.83. The highest BCUT2D eigenvalue weighted by Gasteiger charge is 2.20. The Balaban J connectivity index is 1.52. The summed E-state index contributed by atoms with van der Waals surface area (Å²) in [5.41, 5.74) is 8.57. The second-order valence-corrected chi connectivity index (χ2v) is 10.8. The van der Waals surface area contributed by atoms with E-state index in [0.29, 0.717) is 41.7 Å². The largest absolute Gasteiger partial charge is 0.494 e. The average molecular weight is 609 g/mol. The molecule has 0 fully saturated rings. The summed E-state index contributed by atoms with van der Waals surface area (Å²) in [6, 6.07) is 12.4. The van der Waals surface area contributed by atoms with Crippen molar-refractivity contribution in [1.29, 1.82) is 0 Å². The maximum Gasteiger partial charge on any atom is 0.413 e. The van der Waals surface area contributed by atoms with Crippen LogP contribution in [0.4, 0.5) is 22.0 Å². The summed E-state index contributed by atoms with van der Waals surface area (Å²) in [6.07, 6.45) is 1.76. The van der Waals surface area contributed by atoms with Gasteiger partial charge in [-0.1, -0.05) is 17.7 Å². The number of carbonyl (C=O) groups excluding carboxylic acids is 2. The number of aromatic nitrogens is 5. The van der Waals surface area contributed by atoms with Crippen LogP contribution in [-0.2, 0) is 29.5 Å². The van der Waals surface area contributed by atoms with Crippen molar-refractivity contribution in [2.45, 2.75) is 39.4 Å². The molecule has 0 saturated carbocycles. The maximum atomic E-state index is 12.1. The third kappa shape index (κ3) is 8.63. The van der Waals surface area contributed by atoms with Crippen LogP contribution >= 0.6 is 11.6 Å². The molecule has 0 aliphatic carbocycles. The molecule has 4 N–H and O–H groups in total. The van der Waals surface area contributed by atoms with Crippen LogP contribution in [-0.4, -0.2) is 56.3 Å². The second-order valence-electron chi connectivity index (χ2n) is 10.5. The number of primary amides is 1. The molecule has 14 heteroatoms. The molecule has 3 heterocycles. The van der Waals surface area contributed by atoms with Gasteiger partial charge < -0.3 is 25.3 Å². The zero-order chi connectivity index (χ0) is 31.1. The van der Waals surface area contributed by atoms with Gasteiger partial charge in [0.15, 0.2) is 16.6 Å². The summed E-state index contributed by atoms with van der Waals surface area (Å²) in [6.45, 7) is 5.94. The Morgan fingerprint density at radius 2 is 1.88 bits per heavy atom. The van der Waals surface area contributed by atoms with E-state index in [4.69, 9.17) is 31.5 Å². The molecule has 0 atom stereocenters. The first-order chi connectivity index (χ1) is 20.4. The molecule has 43 heavy (non-hydrogen) atoms. The summed E-state index contributed by atoms with van der Waals surface area (Å²) < 4.78 is 18.7. The van der Waals surface area contributed by atoms with Crippen LogP contribution < -0.4 is 21.1 Å². The quantitative estimate of drug-likeness (QED) is 0.199. The van der Waals surface area contributed by atoms with E-state index in [0.717, 1.165) is 11.1 Å². The van der Waals surface area contributed by atoms with E-state index >= 15 is 0 Å². The number of carbonyl (C=O) groups is 2. The summed E-state index contributed by atoms with van der Waals surface area (Å²) in [4.78, 5) is 28.5. The standard InChI is InChI=1S/C29H33ClN8O5/c1-29(2,3)43-28(40)34-24-8-6-7-18(32-24)16-42-12-10-17-13-19(20-9-11-38(4)37-20)26(41-5)22(14-17)33-21-15-23(30)35-36-25(21)27(31)39/h6-9,11,13-15H,10,12,16H2,1-5H3,(H2,31,39)(H,33,35)(H,32,34,40). The van der Waals surface area contributed by atoms with Gasteiger partial charge in [-0.2, -0.15) is 5.10 Å².